The normalized spacial score (nSPS) is 16.1. The van der Waals surface area contributed by atoms with Crippen LogP contribution >= 0.6 is 46.1 Å². The van der Waals surface area contributed by atoms with Gasteiger partial charge in [-0.1, -0.05) is 82.1 Å². The van der Waals surface area contributed by atoms with Crippen molar-refractivity contribution in [3.05, 3.63) is 58.8 Å². The average Bonchev–Trinajstić information content (AvgIpc) is 3.37. The lowest BCUT2D eigenvalue weighted by atomic mass is 9.69. The van der Waals surface area contributed by atoms with Gasteiger partial charge in [-0.2, -0.15) is 0 Å². The predicted molar refractivity (Wildman–Crippen MR) is 178 cm³/mol. The molecule has 0 aromatic carbocycles. The SMILES string of the molecule is C=CC[C@H](C)[C@H](OC(=O)OCC(Cl)(Cl)Cl)[C@@H](C)C(=O)C(C)(C)[C@@H](C)CC(=O)O[C@@H](C/C=C(\C=C)OF)/C(C)=C/c1csc(C)n1. The van der Waals surface area contributed by atoms with Crippen LogP contribution in [0.1, 0.15) is 71.5 Å². The van der Waals surface area contributed by atoms with Gasteiger partial charge in [-0.3, -0.25) is 14.5 Å². The zero-order valence-corrected chi connectivity index (χ0v) is 29.8. The number of hydrogen-bond acceptors (Lipinski definition) is 9. The summed E-state index contributed by atoms with van der Waals surface area (Å²) in [4.78, 5) is 47.7. The van der Waals surface area contributed by atoms with Crippen molar-refractivity contribution in [3.8, 4) is 0 Å². The number of aryl methyl sites for hydroxylation is 1. The van der Waals surface area contributed by atoms with Crippen LogP contribution in [0.3, 0.4) is 0 Å². The third-order valence-electron chi connectivity index (χ3n) is 7.55. The van der Waals surface area contributed by atoms with E-state index in [0.717, 1.165) is 5.01 Å². The van der Waals surface area contributed by atoms with Crippen molar-refractivity contribution >= 4 is 70.1 Å². The van der Waals surface area contributed by atoms with E-state index in [0.29, 0.717) is 17.7 Å². The third kappa shape index (κ3) is 13.9. The van der Waals surface area contributed by atoms with E-state index in [2.05, 4.69) is 23.1 Å². The summed E-state index contributed by atoms with van der Waals surface area (Å²) in [5.41, 5.74) is 0.353. The monoisotopic (exact) mass is 709 g/mol. The molecule has 0 saturated heterocycles. The highest BCUT2D eigenvalue weighted by Crippen LogP contribution is 2.37. The van der Waals surface area contributed by atoms with Crippen molar-refractivity contribution in [2.24, 2.45) is 23.2 Å². The fourth-order valence-electron chi connectivity index (χ4n) is 4.55. The van der Waals surface area contributed by atoms with E-state index in [4.69, 9.17) is 49.0 Å². The first-order valence-electron chi connectivity index (χ1n) is 14.3. The molecule has 0 radical (unpaired) electrons. The Balaban J connectivity index is 3.12. The summed E-state index contributed by atoms with van der Waals surface area (Å²) in [7, 11) is 0. The standard InChI is InChI=1S/C32H43Cl3FNO7S/c1-10-12-19(3)28(43-30(40)41-18-32(33,34)35)22(6)29(39)31(8,9)21(5)16-27(38)42-26(14-13-25(11-2)44-36)20(4)15-24-17-45-23(7)37-24/h10-11,13,15,17,19,21-22,26,28H,1-2,12,14,16,18H2,3-9H3/b20-15+,25-13+/t19-,21-,22+,26-,28-/m0/s1. The molecule has 0 aliphatic heterocycles. The van der Waals surface area contributed by atoms with Crippen LogP contribution in [-0.4, -0.2) is 45.5 Å². The molecule has 0 aliphatic rings. The molecular weight excluding hydrogens is 668 g/mol. The van der Waals surface area contributed by atoms with E-state index < -0.39 is 52.0 Å². The van der Waals surface area contributed by atoms with Crippen LogP contribution in [0.15, 0.2) is 48.1 Å². The molecule has 5 atom stereocenters. The molecular formula is C32H43Cl3FNO7S. The van der Waals surface area contributed by atoms with Gasteiger partial charge < -0.3 is 14.2 Å². The van der Waals surface area contributed by atoms with Crippen molar-refractivity contribution in [3.63, 3.8) is 0 Å². The highest BCUT2D eigenvalue weighted by atomic mass is 35.6. The first-order chi connectivity index (χ1) is 20.9. The number of allylic oxidation sites excluding steroid dienone is 2. The van der Waals surface area contributed by atoms with Crippen LogP contribution in [0.2, 0.25) is 0 Å². The molecule has 13 heteroatoms. The number of aromatic nitrogens is 1. The number of Topliss-reactive ketones (excluding diaryl/α,β-unsaturated/α-hetero) is 1. The minimum absolute atomic E-state index is 0.0955. The lowest BCUT2D eigenvalue weighted by molar-refractivity contribution is -0.150. The zero-order chi connectivity index (χ0) is 34.5. The maximum Gasteiger partial charge on any atom is 0.508 e. The topological polar surface area (TPSA) is 101 Å². The molecule has 0 unspecified atom stereocenters. The molecule has 1 heterocycles. The number of esters is 1. The van der Waals surface area contributed by atoms with Crippen LogP contribution in [0.4, 0.5) is 9.32 Å². The molecule has 0 fully saturated rings. The van der Waals surface area contributed by atoms with Gasteiger partial charge in [-0.05, 0) is 55.9 Å². The largest absolute Gasteiger partial charge is 0.508 e. The Labute approximate surface area is 284 Å². The maximum atomic E-state index is 13.9. The van der Waals surface area contributed by atoms with Crippen LogP contribution in [0.5, 0.6) is 0 Å². The molecule has 1 aromatic rings. The average molecular weight is 711 g/mol. The third-order valence-corrected chi connectivity index (χ3v) is 8.67. The molecule has 0 aliphatic carbocycles. The Hall–Kier alpha value is -2.40. The lowest BCUT2D eigenvalue weighted by Gasteiger charge is -2.36. The summed E-state index contributed by atoms with van der Waals surface area (Å²) in [5, 5.41) is 2.75. The summed E-state index contributed by atoms with van der Waals surface area (Å²) in [6.07, 6.45) is 3.83. The molecule has 45 heavy (non-hydrogen) atoms. The van der Waals surface area contributed by atoms with Crippen molar-refractivity contribution < 1.29 is 38.1 Å². The first-order valence-corrected chi connectivity index (χ1v) is 16.3. The van der Waals surface area contributed by atoms with Crippen LogP contribution in [-0.2, 0) is 28.7 Å². The maximum absolute atomic E-state index is 13.9. The minimum atomic E-state index is -1.83. The lowest BCUT2D eigenvalue weighted by Crippen LogP contribution is -2.44. The zero-order valence-electron chi connectivity index (χ0n) is 26.7. The van der Waals surface area contributed by atoms with E-state index >= 15 is 0 Å². The Morgan fingerprint density at radius 2 is 1.76 bits per heavy atom. The minimum Gasteiger partial charge on any atom is -0.457 e. The van der Waals surface area contributed by atoms with Crippen LogP contribution < -0.4 is 0 Å². The second kappa shape index (κ2) is 18.7. The number of halogens is 4. The van der Waals surface area contributed by atoms with Gasteiger partial charge >= 0.3 is 12.1 Å². The number of ketones is 1. The number of alkyl halides is 3. The predicted octanol–water partition coefficient (Wildman–Crippen LogP) is 9.49. The van der Waals surface area contributed by atoms with Crippen molar-refractivity contribution in [1.82, 2.24) is 4.98 Å². The summed E-state index contributed by atoms with van der Waals surface area (Å²) >= 11 is 18.5. The van der Waals surface area contributed by atoms with Gasteiger partial charge in [-0.25, -0.2) is 9.78 Å². The number of hydrogen-bond donors (Lipinski definition) is 0. The van der Waals surface area contributed by atoms with Gasteiger partial charge in [0.05, 0.1) is 16.6 Å². The van der Waals surface area contributed by atoms with Crippen LogP contribution in [0.25, 0.3) is 6.08 Å². The van der Waals surface area contributed by atoms with E-state index in [1.165, 1.54) is 23.5 Å². The van der Waals surface area contributed by atoms with Crippen LogP contribution in [0, 0.1) is 30.1 Å². The molecule has 8 nitrogen and oxygen atoms in total. The summed E-state index contributed by atoms with van der Waals surface area (Å²) in [6.45, 7) is 19.1. The fourth-order valence-corrected chi connectivity index (χ4v) is 5.29. The van der Waals surface area contributed by atoms with Crippen molar-refractivity contribution in [2.75, 3.05) is 6.61 Å². The molecule has 1 rings (SSSR count). The van der Waals surface area contributed by atoms with Crippen molar-refractivity contribution in [1.29, 1.82) is 0 Å². The highest BCUT2D eigenvalue weighted by Gasteiger charge is 2.43. The second-order valence-electron chi connectivity index (χ2n) is 11.5. The van der Waals surface area contributed by atoms with Gasteiger partial charge in [0.1, 0.15) is 24.6 Å². The number of thiazole rings is 1. The molecule has 1 aromatic heterocycles. The van der Waals surface area contributed by atoms with E-state index in [1.807, 2.05) is 19.2 Å². The smallest absolute Gasteiger partial charge is 0.457 e. The fraction of sp³-hybridized carbons (Fsp3) is 0.562. The number of carbonyl (C=O) groups is 3. The number of ether oxygens (including phenoxy) is 3. The Morgan fingerprint density at radius 1 is 1.11 bits per heavy atom. The number of rotatable bonds is 18. The summed E-state index contributed by atoms with van der Waals surface area (Å²) < 4.78 is 27.3. The molecule has 0 N–H and O–H groups in total. The molecule has 0 amide bonds. The summed E-state index contributed by atoms with van der Waals surface area (Å²) in [6, 6.07) is 0. The Kier molecular flexibility index (Phi) is 16.9. The number of carbonyl (C=O) groups excluding carboxylic acids is 3. The highest BCUT2D eigenvalue weighted by molar-refractivity contribution is 7.09. The number of nitrogens with zero attached hydrogens (tertiary/aromatic N) is 1. The summed E-state index contributed by atoms with van der Waals surface area (Å²) in [5.74, 6) is -2.45. The van der Waals surface area contributed by atoms with Gasteiger partial charge in [0.25, 0.3) is 0 Å². The van der Waals surface area contributed by atoms with Gasteiger partial charge in [-0.15, -0.1) is 17.9 Å². The van der Waals surface area contributed by atoms with Gasteiger partial charge in [0, 0.05) is 28.2 Å². The van der Waals surface area contributed by atoms with E-state index in [1.54, 1.807) is 46.8 Å². The molecule has 252 valence electrons. The molecule has 0 spiro atoms. The molecule has 0 saturated carbocycles. The first kappa shape index (κ1) is 40.6. The van der Waals surface area contributed by atoms with Gasteiger partial charge in [0.2, 0.25) is 3.79 Å². The van der Waals surface area contributed by atoms with E-state index in [9.17, 15) is 18.9 Å². The quantitative estimate of drug-likeness (QED) is 0.0488. The van der Waals surface area contributed by atoms with Gasteiger partial charge in [0.15, 0.2) is 5.76 Å². The molecule has 0 bridgehead atoms. The van der Waals surface area contributed by atoms with Crippen molar-refractivity contribution in [2.45, 2.75) is 83.7 Å². The Bertz CT molecular complexity index is 1240. The Morgan fingerprint density at radius 3 is 2.27 bits per heavy atom. The second-order valence-corrected chi connectivity index (χ2v) is 15.1. The van der Waals surface area contributed by atoms with E-state index in [-0.39, 0.29) is 30.3 Å².